The number of hydrogen-bond donors (Lipinski definition) is 3. The molecule has 0 spiro atoms. The first-order chi connectivity index (χ1) is 7.40. The normalized spacial score (nSPS) is 9.69. The third-order valence-corrected chi connectivity index (χ3v) is 2.70. The largest absolute Gasteiger partial charge is 0.370 e. The highest BCUT2D eigenvalue weighted by atomic mass is 79.9. The number of carbonyl (C=O) groups is 1. The van der Waals surface area contributed by atoms with Gasteiger partial charge in [-0.2, -0.15) is 4.99 Å². The number of rotatable bonds is 1. The lowest BCUT2D eigenvalue weighted by Crippen LogP contribution is -2.25. The molecule has 1 rings (SSSR count). The number of benzene rings is 1. The monoisotopic (exact) mass is 308 g/mol. The minimum absolute atomic E-state index is 0.0696. The van der Waals surface area contributed by atoms with Gasteiger partial charge in [0, 0.05) is 10.2 Å². The molecule has 0 heterocycles. The molecule has 2 amide bonds. The third kappa shape index (κ3) is 3.35. The molecule has 5 nitrogen and oxygen atoms in total. The minimum atomic E-state index is -0.798. The summed E-state index contributed by atoms with van der Waals surface area (Å²) in [5, 5.41) is 2.20. The fourth-order valence-corrected chi connectivity index (χ4v) is 1.44. The van der Waals surface area contributed by atoms with Crippen molar-refractivity contribution in [3.63, 3.8) is 0 Å². The topological polar surface area (TPSA) is 93.5 Å². The zero-order chi connectivity index (χ0) is 12.3. The summed E-state index contributed by atoms with van der Waals surface area (Å²) in [5.41, 5.74) is 10.2. The number of halogens is 3. The summed E-state index contributed by atoms with van der Waals surface area (Å²) in [6.45, 7) is 0. The maximum atomic E-state index is 13.2. The average Bonchev–Trinajstić information content (AvgIpc) is 2.12. The average molecular weight is 310 g/mol. The summed E-state index contributed by atoms with van der Waals surface area (Å²) in [7, 11) is 0. The molecule has 0 aliphatic rings. The van der Waals surface area contributed by atoms with E-state index in [-0.39, 0.29) is 16.7 Å². The minimum Gasteiger partial charge on any atom is -0.370 e. The van der Waals surface area contributed by atoms with Crippen molar-refractivity contribution in [1.82, 2.24) is 0 Å². The molecule has 0 saturated heterocycles. The predicted octanol–water partition coefficient (Wildman–Crippen LogP) is 2.05. The lowest BCUT2D eigenvalue weighted by atomic mass is 10.3. The molecule has 16 heavy (non-hydrogen) atoms. The van der Waals surface area contributed by atoms with Crippen LogP contribution < -0.4 is 16.8 Å². The van der Waals surface area contributed by atoms with Crippen LogP contribution in [0.3, 0.4) is 0 Å². The lowest BCUT2D eigenvalue weighted by molar-refractivity contribution is 0.259. The van der Waals surface area contributed by atoms with Crippen molar-refractivity contribution >= 4 is 45.2 Å². The van der Waals surface area contributed by atoms with E-state index in [0.29, 0.717) is 4.47 Å². The molecule has 1 aromatic carbocycles. The van der Waals surface area contributed by atoms with E-state index in [2.05, 4.69) is 26.2 Å². The van der Waals surface area contributed by atoms with Gasteiger partial charge >= 0.3 is 6.03 Å². The van der Waals surface area contributed by atoms with Crippen LogP contribution >= 0.6 is 27.5 Å². The van der Waals surface area contributed by atoms with Crippen molar-refractivity contribution in [2.75, 3.05) is 5.32 Å². The van der Waals surface area contributed by atoms with Crippen molar-refractivity contribution in [2.45, 2.75) is 0 Å². The Kier molecular flexibility index (Phi) is 4.08. The third-order valence-electron chi connectivity index (χ3n) is 1.47. The van der Waals surface area contributed by atoms with Crippen molar-refractivity contribution in [2.24, 2.45) is 16.5 Å². The van der Waals surface area contributed by atoms with Gasteiger partial charge in [0.1, 0.15) is 5.82 Å². The number of nitrogens with two attached hydrogens (primary N) is 2. The summed E-state index contributed by atoms with van der Waals surface area (Å²) in [5.74, 6) is -1.05. The standard InChI is InChI=1S/C8H7BrClFN4O/c9-4-1-3(2-5(11)6(4)10)14-8(16)15-7(12)13/h1-2H,(H5,12,13,14,15,16). The molecule has 86 valence electrons. The van der Waals surface area contributed by atoms with Gasteiger partial charge in [-0.3, -0.25) is 0 Å². The first-order valence-corrected chi connectivity index (χ1v) is 5.12. The van der Waals surface area contributed by atoms with Crippen LogP contribution in [0.15, 0.2) is 21.6 Å². The Hall–Kier alpha value is -1.34. The van der Waals surface area contributed by atoms with Crippen LogP contribution in [0.1, 0.15) is 0 Å². The molecule has 0 radical (unpaired) electrons. The molecule has 0 aromatic heterocycles. The Labute approximate surface area is 104 Å². The highest BCUT2D eigenvalue weighted by Crippen LogP contribution is 2.28. The maximum absolute atomic E-state index is 13.2. The van der Waals surface area contributed by atoms with Crippen LogP contribution in [0.2, 0.25) is 5.02 Å². The summed E-state index contributed by atoms with van der Waals surface area (Å²) in [4.78, 5) is 14.3. The van der Waals surface area contributed by atoms with Crippen LogP contribution in [-0.4, -0.2) is 12.0 Å². The first-order valence-electron chi connectivity index (χ1n) is 3.95. The van der Waals surface area contributed by atoms with Gasteiger partial charge in [-0.15, -0.1) is 0 Å². The zero-order valence-electron chi connectivity index (χ0n) is 7.80. The Morgan fingerprint density at radius 3 is 2.62 bits per heavy atom. The molecule has 0 atom stereocenters. The van der Waals surface area contributed by atoms with E-state index in [9.17, 15) is 9.18 Å². The number of amides is 2. The smallest absolute Gasteiger partial charge is 0.348 e. The fourth-order valence-electron chi connectivity index (χ4n) is 0.896. The SMILES string of the molecule is NC(N)=NC(=O)Nc1cc(F)c(Cl)c(Br)c1. The number of carbonyl (C=O) groups excluding carboxylic acids is 1. The van der Waals surface area contributed by atoms with Crippen molar-refractivity contribution < 1.29 is 9.18 Å². The quantitative estimate of drug-likeness (QED) is 0.421. The number of anilines is 1. The molecular weight excluding hydrogens is 302 g/mol. The van der Waals surface area contributed by atoms with Crippen LogP contribution in [0.5, 0.6) is 0 Å². The van der Waals surface area contributed by atoms with Crippen LogP contribution in [0.4, 0.5) is 14.9 Å². The Bertz CT molecular complexity index is 438. The van der Waals surface area contributed by atoms with Gasteiger partial charge in [0.25, 0.3) is 0 Å². The highest BCUT2D eigenvalue weighted by Gasteiger charge is 2.08. The van der Waals surface area contributed by atoms with Gasteiger partial charge in [-0.1, -0.05) is 11.6 Å². The number of nitrogens with zero attached hydrogens (tertiary/aromatic N) is 1. The lowest BCUT2D eigenvalue weighted by Gasteiger charge is -2.04. The molecule has 8 heteroatoms. The van der Waals surface area contributed by atoms with E-state index in [4.69, 9.17) is 23.1 Å². The molecule has 0 bridgehead atoms. The van der Waals surface area contributed by atoms with Gasteiger partial charge in [-0.25, -0.2) is 9.18 Å². The Balaban J connectivity index is 2.91. The number of guanidine groups is 1. The molecular formula is C8H7BrClFN4O. The predicted molar refractivity (Wildman–Crippen MR) is 63.9 cm³/mol. The molecule has 0 aliphatic carbocycles. The number of nitrogens with one attached hydrogen (secondary N) is 1. The van der Waals surface area contributed by atoms with Gasteiger partial charge in [-0.05, 0) is 28.1 Å². The van der Waals surface area contributed by atoms with Gasteiger partial charge < -0.3 is 16.8 Å². The second-order valence-corrected chi connectivity index (χ2v) is 3.95. The van der Waals surface area contributed by atoms with Gasteiger partial charge in [0.2, 0.25) is 0 Å². The Morgan fingerprint density at radius 1 is 1.50 bits per heavy atom. The molecule has 0 unspecified atom stereocenters. The van der Waals surface area contributed by atoms with Crippen molar-refractivity contribution in [3.05, 3.63) is 27.4 Å². The number of aliphatic imine (C=N–C) groups is 1. The molecule has 0 saturated carbocycles. The molecule has 0 aliphatic heterocycles. The summed E-state index contributed by atoms with van der Waals surface area (Å²) >= 11 is 8.60. The first kappa shape index (κ1) is 12.7. The van der Waals surface area contributed by atoms with Crippen LogP contribution in [0, 0.1) is 5.82 Å². The van der Waals surface area contributed by atoms with Gasteiger partial charge in [0.05, 0.1) is 5.02 Å². The second-order valence-electron chi connectivity index (χ2n) is 2.72. The maximum Gasteiger partial charge on any atom is 0.348 e. The van der Waals surface area contributed by atoms with E-state index in [0.717, 1.165) is 6.07 Å². The van der Waals surface area contributed by atoms with E-state index < -0.39 is 11.8 Å². The molecule has 0 fully saturated rings. The number of urea groups is 1. The van der Waals surface area contributed by atoms with E-state index >= 15 is 0 Å². The van der Waals surface area contributed by atoms with E-state index in [1.165, 1.54) is 6.07 Å². The van der Waals surface area contributed by atoms with Crippen LogP contribution in [0.25, 0.3) is 0 Å². The number of hydrogen-bond acceptors (Lipinski definition) is 1. The van der Waals surface area contributed by atoms with Crippen molar-refractivity contribution in [1.29, 1.82) is 0 Å². The second kappa shape index (κ2) is 5.13. The fraction of sp³-hybridized carbons (Fsp3) is 0. The summed E-state index contributed by atoms with van der Waals surface area (Å²) in [6, 6.07) is 1.67. The summed E-state index contributed by atoms with van der Waals surface area (Å²) < 4.78 is 13.5. The van der Waals surface area contributed by atoms with Crippen LogP contribution in [-0.2, 0) is 0 Å². The van der Waals surface area contributed by atoms with Gasteiger partial charge in [0.15, 0.2) is 5.96 Å². The molecule has 1 aromatic rings. The zero-order valence-corrected chi connectivity index (χ0v) is 10.1. The van der Waals surface area contributed by atoms with E-state index in [1.807, 2.05) is 0 Å². The van der Waals surface area contributed by atoms with E-state index in [1.54, 1.807) is 0 Å². The molecule has 5 N–H and O–H groups in total. The Morgan fingerprint density at radius 2 is 2.12 bits per heavy atom. The highest BCUT2D eigenvalue weighted by molar-refractivity contribution is 9.10. The summed E-state index contributed by atoms with van der Waals surface area (Å²) in [6.07, 6.45) is 0. The van der Waals surface area contributed by atoms with Crippen molar-refractivity contribution in [3.8, 4) is 0 Å².